The van der Waals surface area contributed by atoms with Crippen LogP contribution in [0.2, 0.25) is 0 Å². The maximum atomic E-state index is 13.1. The summed E-state index contributed by atoms with van der Waals surface area (Å²) in [6.07, 6.45) is 1.39. The number of carbonyl (C=O) groups is 2. The Kier molecular flexibility index (Phi) is 4.71. The average Bonchev–Trinajstić information content (AvgIpc) is 2.47. The number of hydrogen-bond acceptors (Lipinski definition) is 2. The van der Waals surface area contributed by atoms with E-state index in [-0.39, 0.29) is 11.8 Å². The zero-order valence-electron chi connectivity index (χ0n) is 11.6. The Morgan fingerprint density at radius 2 is 1.80 bits per heavy atom. The Morgan fingerprint density at radius 1 is 1.15 bits per heavy atom. The van der Waals surface area contributed by atoms with Gasteiger partial charge in [0.15, 0.2) is 0 Å². The summed E-state index contributed by atoms with van der Waals surface area (Å²) in [4.78, 5) is 27.4. The van der Waals surface area contributed by atoms with E-state index in [2.05, 4.69) is 0 Å². The molecule has 0 aromatic heterocycles. The largest absolute Gasteiger partial charge is 0.339 e. The number of halogens is 1. The first-order valence-corrected chi connectivity index (χ1v) is 6.94. The van der Waals surface area contributed by atoms with Crippen LogP contribution in [0.5, 0.6) is 0 Å². The molecule has 0 saturated carbocycles. The lowest BCUT2D eigenvalue weighted by Crippen LogP contribution is -2.50. The van der Waals surface area contributed by atoms with Crippen molar-refractivity contribution in [1.82, 2.24) is 9.80 Å². The smallest absolute Gasteiger partial charge is 0.254 e. The molecule has 4 nitrogen and oxygen atoms in total. The summed E-state index contributed by atoms with van der Waals surface area (Å²) < 4.78 is 13.1. The quantitative estimate of drug-likeness (QED) is 0.847. The van der Waals surface area contributed by atoms with Crippen molar-refractivity contribution in [3.63, 3.8) is 0 Å². The van der Waals surface area contributed by atoms with Gasteiger partial charge in [-0.15, -0.1) is 0 Å². The van der Waals surface area contributed by atoms with Crippen LogP contribution in [0, 0.1) is 5.82 Å². The fraction of sp³-hybridized carbons (Fsp3) is 0.467. The van der Waals surface area contributed by atoms with Crippen molar-refractivity contribution in [2.75, 3.05) is 26.2 Å². The second-order valence-corrected chi connectivity index (χ2v) is 4.93. The van der Waals surface area contributed by atoms with Gasteiger partial charge in [-0.25, -0.2) is 4.39 Å². The van der Waals surface area contributed by atoms with E-state index in [0.717, 1.165) is 6.42 Å². The summed E-state index contributed by atoms with van der Waals surface area (Å²) in [7, 11) is 0. The van der Waals surface area contributed by atoms with E-state index in [4.69, 9.17) is 0 Å². The molecule has 20 heavy (non-hydrogen) atoms. The van der Waals surface area contributed by atoms with Crippen LogP contribution in [0.4, 0.5) is 4.39 Å². The lowest BCUT2D eigenvalue weighted by Gasteiger charge is -2.34. The van der Waals surface area contributed by atoms with E-state index in [1.54, 1.807) is 15.9 Å². The molecule has 1 fully saturated rings. The van der Waals surface area contributed by atoms with E-state index in [9.17, 15) is 14.0 Å². The molecule has 1 aliphatic heterocycles. The van der Waals surface area contributed by atoms with E-state index >= 15 is 0 Å². The third-order valence-electron chi connectivity index (χ3n) is 3.46. The van der Waals surface area contributed by atoms with Gasteiger partial charge in [0.1, 0.15) is 5.82 Å². The summed E-state index contributed by atoms with van der Waals surface area (Å²) in [6.45, 7) is 4.09. The van der Waals surface area contributed by atoms with Crippen LogP contribution >= 0.6 is 0 Å². The van der Waals surface area contributed by atoms with Gasteiger partial charge in [0.25, 0.3) is 5.91 Å². The van der Waals surface area contributed by atoms with Gasteiger partial charge >= 0.3 is 0 Å². The molecular weight excluding hydrogens is 259 g/mol. The maximum absolute atomic E-state index is 13.1. The monoisotopic (exact) mass is 278 g/mol. The maximum Gasteiger partial charge on any atom is 0.254 e. The van der Waals surface area contributed by atoms with Gasteiger partial charge in [0.2, 0.25) is 5.91 Å². The molecule has 1 aromatic carbocycles. The molecule has 2 rings (SSSR count). The highest BCUT2D eigenvalue weighted by Crippen LogP contribution is 2.11. The van der Waals surface area contributed by atoms with Crippen molar-refractivity contribution in [3.05, 3.63) is 35.6 Å². The van der Waals surface area contributed by atoms with E-state index in [1.807, 2.05) is 6.92 Å². The van der Waals surface area contributed by atoms with Crippen LogP contribution in [0.15, 0.2) is 24.3 Å². The number of benzene rings is 1. The second kappa shape index (κ2) is 6.50. The molecule has 0 bridgehead atoms. The first kappa shape index (κ1) is 14.5. The van der Waals surface area contributed by atoms with Gasteiger partial charge in [-0.3, -0.25) is 9.59 Å². The Bertz CT molecular complexity index is 496. The van der Waals surface area contributed by atoms with Crippen LogP contribution in [0.3, 0.4) is 0 Å². The molecule has 5 heteroatoms. The molecule has 0 atom stereocenters. The van der Waals surface area contributed by atoms with Gasteiger partial charge in [-0.1, -0.05) is 13.0 Å². The molecule has 0 N–H and O–H groups in total. The minimum atomic E-state index is -0.410. The van der Waals surface area contributed by atoms with Crippen molar-refractivity contribution < 1.29 is 14.0 Å². The first-order valence-electron chi connectivity index (χ1n) is 6.94. The van der Waals surface area contributed by atoms with Crippen LogP contribution < -0.4 is 0 Å². The predicted molar refractivity (Wildman–Crippen MR) is 73.8 cm³/mol. The van der Waals surface area contributed by atoms with E-state index in [1.165, 1.54) is 18.2 Å². The molecule has 0 radical (unpaired) electrons. The zero-order valence-corrected chi connectivity index (χ0v) is 11.6. The highest BCUT2D eigenvalue weighted by Gasteiger charge is 2.24. The number of nitrogens with zero attached hydrogens (tertiary/aromatic N) is 2. The number of amides is 2. The van der Waals surface area contributed by atoms with Crippen molar-refractivity contribution in [2.45, 2.75) is 19.8 Å². The third-order valence-corrected chi connectivity index (χ3v) is 3.46. The van der Waals surface area contributed by atoms with E-state index < -0.39 is 5.82 Å². The van der Waals surface area contributed by atoms with Crippen molar-refractivity contribution >= 4 is 11.8 Å². The fourth-order valence-electron chi connectivity index (χ4n) is 2.34. The molecule has 1 saturated heterocycles. The summed E-state index contributed by atoms with van der Waals surface area (Å²) in [6, 6.07) is 5.71. The fourth-order valence-corrected chi connectivity index (χ4v) is 2.34. The van der Waals surface area contributed by atoms with E-state index in [0.29, 0.717) is 38.2 Å². The van der Waals surface area contributed by atoms with Crippen LogP contribution in [0.1, 0.15) is 30.1 Å². The third kappa shape index (κ3) is 3.35. The molecule has 1 heterocycles. The summed E-state index contributed by atoms with van der Waals surface area (Å²) >= 11 is 0. The minimum Gasteiger partial charge on any atom is -0.339 e. The zero-order chi connectivity index (χ0) is 14.5. The molecule has 1 aromatic rings. The van der Waals surface area contributed by atoms with Gasteiger partial charge in [0.05, 0.1) is 0 Å². The molecule has 1 aliphatic rings. The van der Waals surface area contributed by atoms with Crippen LogP contribution in [0.25, 0.3) is 0 Å². The molecule has 108 valence electrons. The normalized spacial score (nSPS) is 15.3. The molecule has 0 spiro atoms. The Hall–Kier alpha value is -1.91. The summed E-state index contributed by atoms with van der Waals surface area (Å²) in [5.74, 6) is -0.440. The van der Waals surface area contributed by atoms with Gasteiger partial charge < -0.3 is 9.80 Å². The Labute approximate surface area is 118 Å². The first-order chi connectivity index (χ1) is 9.61. The van der Waals surface area contributed by atoms with Crippen LogP contribution in [-0.4, -0.2) is 47.8 Å². The van der Waals surface area contributed by atoms with Gasteiger partial charge in [-0.05, 0) is 24.6 Å². The summed E-state index contributed by atoms with van der Waals surface area (Å²) in [5.41, 5.74) is 0.360. The summed E-state index contributed by atoms with van der Waals surface area (Å²) in [5, 5.41) is 0. The molecule has 0 aliphatic carbocycles. The number of carbonyl (C=O) groups excluding carboxylic acids is 2. The minimum absolute atomic E-state index is 0.144. The van der Waals surface area contributed by atoms with Gasteiger partial charge in [-0.2, -0.15) is 0 Å². The average molecular weight is 278 g/mol. The molecular formula is C15H19FN2O2. The SMILES string of the molecule is CCCC(=O)N1CCN(C(=O)c2cccc(F)c2)CC1. The van der Waals surface area contributed by atoms with Crippen molar-refractivity contribution in [3.8, 4) is 0 Å². The second-order valence-electron chi connectivity index (χ2n) is 4.93. The predicted octanol–water partition coefficient (Wildman–Crippen LogP) is 1.91. The van der Waals surface area contributed by atoms with Crippen molar-refractivity contribution in [1.29, 1.82) is 0 Å². The number of hydrogen-bond donors (Lipinski definition) is 0. The lowest BCUT2D eigenvalue weighted by molar-refractivity contribution is -0.132. The number of rotatable bonds is 3. The topological polar surface area (TPSA) is 40.6 Å². The standard InChI is InChI=1S/C15H19FN2O2/c1-2-4-14(19)17-7-9-18(10-8-17)15(20)12-5-3-6-13(16)11-12/h3,5-6,11H,2,4,7-10H2,1H3. The van der Waals surface area contributed by atoms with Crippen molar-refractivity contribution in [2.24, 2.45) is 0 Å². The van der Waals surface area contributed by atoms with Gasteiger partial charge in [0, 0.05) is 38.2 Å². The van der Waals surface area contributed by atoms with Crippen LogP contribution in [-0.2, 0) is 4.79 Å². The molecule has 0 unspecified atom stereocenters. The molecule has 2 amide bonds. The lowest BCUT2D eigenvalue weighted by atomic mass is 10.1. The Balaban J connectivity index is 1.93. The highest BCUT2D eigenvalue weighted by atomic mass is 19.1. The number of piperazine rings is 1. The Morgan fingerprint density at radius 3 is 2.40 bits per heavy atom. The highest BCUT2D eigenvalue weighted by molar-refractivity contribution is 5.94.